The molecule has 2 aromatic rings. The van der Waals surface area contributed by atoms with Crippen LogP contribution in [0.2, 0.25) is 0 Å². The van der Waals surface area contributed by atoms with E-state index < -0.39 is 0 Å². The summed E-state index contributed by atoms with van der Waals surface area (Å²) in [6.45, 7) is 3.59. The lowest BCUT2D eigenvalue weighted by Crippen LogP contribution is -2.43. The number of aromatic nitrogens is 1. The number of piperazine rings is 1. The molecule has 1 saturated heterocycles. The third kappa shape index (κ3) is 2.21. The fraction of sp³-hybridized carbons (Fsp3) is 0.364. The highest BCUT2D eigenvalue weighted by Crippen LogP contribution is 2.26. The van der Waals surface area contributed by atoms with E-state index in [2.05, 4.69) is 15.4 Å². The first-order valence-corrected chi connectivity index (χ1v) is 5.35. The van der Waals surface area contributed by atoms with Gasteiger partial charge in [-0.05, 0) is 18.2 Å². The average Bonchev–Trinajstić information content (AvgIpc) is 2.73. The molecule has 1 aromatic carbocycles. The molecule has 0 aliphatic carbocycles. The van der Waals surface area contributed by atoms with Crippen LogP contribution in [0.5, 0.6) is 0 Å². The number of nitrogens with one attached hydrogen (secondary N) is 1. The summed E-state index contributed by atoms with van der Waals surface area (Å²) < 4.78 is 18.3. The van der Waals surface area contributed by atoms with Crippen LogP contribution in [0.3, 0.4) is 0 Å². The molecule has 6 heteroatoms. The van der Waals surface area contributed by atoms with Crippen LogP contribution in [0.4, 0.5) is 10.2 Å². The highest BCUT2D eigenvalue weighted by atomic mass is 35.5. The Morgan fingerprint density at radius 2 is 2.06 bits per heavy atom. The summed E-state index contributed by atoms with van der Waals surface area (Å²) in [4.78, 5) is 2.11. The van der Waals surface area contributed by atoms with E-state index in [4.69, 9.17) is 4.52 Å². The molecule has 1 aromatic heterocycles. The van der Waals surface area contributed by atoms with Gasteiger partial charge < -0.3 is 14.7 Å². The number of anilines is 1. The van der Waals surface area contributed by atoms with Gasteiger partial charge in [-0.2, -0.15) is 0 Å². The number of fused-ring (bicyclic) bond motifs is 1. The van der Waals surface area contributed by atoms with Crippen LogP contribution in [0.25, 0.3) is 11.0 Å². The first kappa shape index (κ1) is 12.1. The molecule has 92 valence electrons. The number of benzene rings is 1. The smallest absolute Gasteiger partial charge is 0.180 e. The van der Waals surface area contributed by atoms with Gasteiger partial charge in [-0.3, -0.25) is 0 Å². The molecular weight excluding hydrogens is 245 g/mol. The average molecular weight is 258 g/mol. The molecule has 0 unspecified atom stereocenters. The largest absolute Gasteiger partial charge is 0.354 e. The van der Waals surface area contributed by atoms with E-state index in [9.17, 15) is 4.39 Å². The molecule has 2 heterocycles. The maximum Gasteiger partial charge on any atom is 0.180 e. The van der Waals surface area contributed by atoms with Crippen molar-refractivity contribution in [2.75, 3.05) is 31.1 Å². The number of halogens is 2. The van der Waals surface area contributed by atoms with Gasteiger partial charge in [-0.1, -0.05) is 5.16 Å². The van der Waals surface area contributed by atoms with Crippen LogP contribution in [0.15, 0.2) is 22.7 Å². The molecule has 0 atom stereocenters. The quantitative estimate of drug-likeness (QED) is 0.846. The molecular formula is C11H13ClFN3O. The summed E-state index contributed by atoms with van der Waals surface area (Å²) in [6.07, 6.45) is 0. The topological polar surface area (TPSA) is 41.3 Å². The standard InChI is InChI=1S/C11H12FN3O.ClH/c12-8-1-2-10-9(7-8)11(14-16-10)15-5-3-13-4-6-15;/h1-2,7,13H,3-6H2;1H. The maximum absolute atomic E-state index is 13.2. The molecule has 0 radical (unpaired) electrons. The third-order valence-electron chi connectivity index (χ3n) is 2.83. The van der Waals surface area contributed by atoms with E-state index in [0.29, 0.717) is 5.58 Å². The van der Waals surface area contributed by atoms with Crippen LogP contribution in [-0.2, 0) is 0 Å². The highest BCUT2D eigenvalue weighted by Gasteiger charge is 2.17. The summed E-state index contributed by atoms with van der Waals surface area (Å²) in [5, 5.41) is 8.03. The summed E-state index contributed by atoms with van der Waals surface area (Å²) in [5.41, 5.74) is 0.634. The summed E-state index contributed by atoms with van der Waals surface area (Å²) in [5.74, 6) is 0.489. The van der Waals surface area contributed by atoms with Gasteiger partial charge in [-0.15, -0.1) is 12.4 Å². The van der Waals surface area contributed by atoms with Crippen LogP contribution in [-0.4, -0.2) is 31.3 Å². The molecule has 1 N–H and O–H groups in total. The Hall–Kier alpha value is -1.33. The zero-order valence-corrected chi connectivity index (χ0v) is 9.97. The van der Waals surface area contributed by atoms with Crippen molar-refractivity contribution < 1.29 is 8.91 Å². The zero-order chi connectivity index (χ0) is 11.0. The van der Waals surface area contributed by atoms with Gasteiger partial charge in [0.2, 0.25) is 0 Å². The Kier molecular flexibility index (Phi) is 3.49. The van der Waals surface area contributed by atoms with Gasteiger partial charge in [0.15, 0.2) is 11.4 Å². The van der Waals surface area contributed by atoms with Crippen LogP contribution >= 0.6 is 12.4 Å². The van der Waals surface area contributed by atoms with E-state index in [0.717, 1.165) is 37.4 Å². The summed E-state index contributed by atoms with van der Waals surface area (Å²) in [6, 6.07) is 4.47. The maximum atomic E-state index is 13.2. The predicted octanol–water partition coefficient (Wildman–Crippen LogP) is 1.80. The van der Waals surface area contributed by atoms with E-state index in [1.807, 2.05) is 0 Å². The fourth-order valence-corrected chi connectivity index (χ4v) is 2.00. The minimum Gasteiger partial charge on any atom is -0.354 e. The molecule has 0 saturated carbocycles. The van der Waals surface area contributed by atoms with Crippen molar-refractivity contribution in [2.24, 2.45) is 0 Å². The van der Waals surface area contributed by atoms with Crippen LogP contribution in [0.1, 0.15) is 0 Å². The molecule has 17 heavy (non-hydrogen) atoms. The van der Waals surface area contributed by atoms with E-state index in [1.165, 1.54) is 12.1 Å². The van der Waals surface area contributed by atoms with Gasteiger partial charge in [0, 0.05) is 26.2 Å². The van der Waals surface area contributed by atoms with Crippen molar-refractivity contribution in [1.82, 2.24) is 10.5 Å². The normalized spacial score (nSPS) is 15.9. The molecule has 3 rings (SSSR count). The third-order valence-corrected chi connectivity index (χ3v) is 2.83. The lowest BCUT2D eigenvalue weighted by atomic mass is 10.2. The van der Waals surface area contributed by atoms with Crippen LogP contribution < -0.4 is 10.2 Å². The Balaban J connectivity index is 0.00000108. The second-order valence-corrected chi connectivity index (χ2v) is 3.88. The minimum atomic E-state index is -0.257. The Bertz CT molecular complexity index is 510. The summed E-state index contributed by atoms with van der Waals surface area (Å²) in [7, 11) is 0. The molecule has 0 spiro atoms. The van der Waals surface area contributed by atoms with Gasteiger partial charge in [0.25, 0.3) is 0 Å². The van der Waals surface area contributed by atoms with Gasteiger partial charge in [0.1, 0.15) is 5.82 Å². The van der Waals surface area contributed by atoms with Crippen molar-refractivity contribution in [1.29, 1.82) is 0 Å². The van der Waals surface area contributed by atoms with Crippen molar-refractivity contribution >= 4 is 29.2 Å². The number of hydrogen-bond donors (Lipinski definition) is 1. The first-order valence-electron chi connectivity index (χ1n) is 5.35. The van der Waals surface area contributed by atoms with Crippen molar-refractivity contribution in [3.05, 3.63) is 24.0 Å². The van der Waals surface area contributed by atoms with Crippen LogP contribution in [0, 0.1) is 5.82 Å². The molecule has 1 fully saturated rings. The molecule has 0 bridgehead atoms. The van der Waals surface area contributed by atoms with E-state index in [1.54, 1.807) is 6.07 Å². The highest BCUT2D eigenvalue weighted by molar-refractivity contribution is 5.88. The lowest BCUT2D eigenvalue weighted by molar-refractivity contribution is 0.450. The number of rotatable bonds is 1. The first-order chi connectivity index (χ1) is 7.84. The number of nitrogens with zero attached hydrogens (tertiary/aromatic N) is 2. The zero-order valence-electron chi connectivity index (χ0n) is 9.15. The number of hydrogen-bond acceptors (Lipinski definition) is 4. The van der Waals surface area contributed by atoms with Crippen molar-refractivity contribution in [3.8, 4) is 0 Å². The second-order valence-electron chi connectivity index (χ2n) is 3.88. The molecule has 4 nitrogen and oxygen atoms in total. The molecule has 1 aliphatic rings. The monoisotopic (exact) mass is 257 g/mol. The van der Waals surface area contributed by atoms with E-state index >= 15 is 0 Å². The Morgan fingerprint density at radius 3 is 2.82 bits per heavy atom. The van der Waals surface area contributed by atoms with Crippen molar-refractivity contribution in [3.63, 3.8) is 0 Å². The van der Waals surface area contributed by atoms with Gasteiger partial charge >= 0.3 is 0 Å². The minimum absolute atomic E-state index is 0. The van der Waals surface area contributed by atoms with E-state index in [-0.39, 0.29) is 18.2 Å². The molecule has 0 amide bonds. The Morgan fingerprint density at radius 1 is 1.29 bits per heavy atom. The predicted molar refractivity (Wildman–Crippen MR) is 66.3 cm³/mol. The second kappa shape index (κ2) is 4.89. The fourth-order valence-electron chi connectivity index (χ4n) is 2.00. The SMILES string of the molecule is Cl.Fc1ccc2onc(N3CCNCC3)c2c1. The Labute approximate surface area is 104 Å². The lowest BCUT2D eigenvalue weighted by Gasteiger charge is -2.26. The van der Waals surface area contributed by atoms with Gasteiger partial charge in [0.05, 0.1) is 5.39 Å². The van der Waals surface area contributed by atoms with Crippen molar-refractivity contribution in [2.45, 2.75) is 0 Å². The summed E-state index contributed by atoms with van der Waals surface area (Å²) >= 11 is 0. The van der Waals surface area contributed by atoms with Gasteiger partial charge in [-0.25, -0.2) is 4.39 Å². The molecule has 1 aliphatic heterocycles.